The van der Waals surface area contributed by atoms with Crippen molar-refractivity contribution >= 4 is 24.0 Å². The van der Waals surface area contributed by atoms with Crippen molar-refractivity contribution in [3.63, 3.8) is 0 Å². The Hall–Kier alpha value is -1.02. The lowest BCUT2D eigenvalue weighted by Gasteiger charge is -2.32. The first kappa shape index (κ1) is 19.3. The smallest absolute Gasteiger partial charge is 0.0438 e. The minimum absolute atomic E-state index is 0. The lowest BCUT2D eigenvalue weighted by Crippen LogP contribution is -2.35. The van der Waals surface area contributed by atoms with Crippen LogP contribution in [0.15, 0.2) is 54.6 Å². The first-order chi connectivity index (χ1) is 11.3. The van der Waals surface area contributed by atoms with Crippen LogP contribution in [0.5, 0.6) is 0 Å². The van der Waals surface area contributed by atoms with Crippen molar-refractivity contribution in [1.82, 2.24) is 4.90 Å². The molecule has 0 spiro atoms. The summed E-state index contributed by atoms with van der Waals surface area (Å²) in [6, 6.07) is 19.1. The van der Waals surface area contributed by atoms with Crippen LogP contribution in [0.25, 0.3) is 0 Å². The van der Waals surface area contributed by atoms with E-state index in [0.29, 0.717) is 0 Å². The molecule has 0 aromatic heterocycles. The van der Waals surface area contributed by atoms with E-state index in [1.54, 1.807) is 0 Å². The molecule has 0 radical (unpaired) electrons. The van der Waals surface area contributed by atoms with Gasteiger partial charge >= 0.3 is 0 Å². The van der Waals surface area contributed by atoms with E-state index < -0.39 is 0 Å². The molecular formula is C21H27Cl2N. The zero-order valence-corrected chi connectivity index (χ0v) is 15.7. The molecule has 1 saturated heterocycles. The van der Waals surface area contributed by atoms with Gasteiger partial charge in [-0.05, 0) is 68.3 Å². The standard InChI is InChI=1S/C21H26ClN.ClH/c22-21-9-5-4-8-20(21)14-17-23-15-12-19(13-16-23)11-10-18-6-2-1-3-7-18;/h1-9,19H,10-17H2;1H. The van der Waals surface area contributed by atoms with Gasteiger partial charge in [0.05, 0.1) is 0 Å². The van der Waals surface area contributed by atoms with E-state index >= 15 is 0 Å². The molecule has 2 aromatic rings. The third-order valence-electron chi connectivity index (χ3n) is 5.05. The summed E-state index contributed by atoms with van der Waals surface area (Å²) in [6.07, 6.45) is 6.31. The van der Waals surface area contributed by atoms with Crippen LogP contribution in [0.2, 0.25) is 5.02 Å². The second-order valence-electron chi connectivity index (χ2n) is 6.65. The molecule has 0 atom stereocenters. The van der Waals surface area contributed by atoms with Crippen LogP contribution in [-0.4, -0.2) is 24.5 Å². The molecule has 1 heterocycles. The molecule has 130 valence electrons. The molecule has 24 heavy (non-hydrogen) atoms. The first-order valence-corrected chi connectivity index (χ1v) is 9.19. The van der Waals surface area contributed by atoms with E-state index in [1.807, 2.05) is 12.1 Å². The predicted octanol–water partition coefficient (Wildman–Crippen LogP) is 5.65. The molecule has 3 rings (SSSR count). The Bertz CT molecular complexity index is 592. The van der Waals surface area contributed by atoms with Gasteiger partial charge in [-0.25, -0.2) is 0 Å². The van der Waals surface area contributed by atoms with Gasteiger partial charge in [-0.3, -0.25) is 0 Å². The fourth-order valence-electron chi connectivity index (χ4n) is 3.49. The fraction of sp³-hybridized carbons (Fsp3) is 0.429. The van der Waals surface area contributed by atoms with Crippen molar-refractivity contribution in [3.8, 4) is 0 Å². The molecule has 0 aliphatic carbocycles. The highest BCUT2D eigenvalue weighted by Gasteiger charge is 2.18. The van der Waals surface area contributed by atoms with Crippen molar-refractivity contribution in [2.24, 2.45) is 5.92 Å². The number of rotatable bonds is 6. The number of halogens is 2. The zero-order valence-electron chi connectivity index (χ0n) is 14.2. The number of hydrogen-bond donors (Lipinski definition) is 0. The first-order valence-electron chi connectivity index (χ1n) is 8.81. The number of nitrogens with zero attached hydrogens (tertiary/aromatic N) is 1. The number of likely N-dealkylation sites (tertiary alicyclic amines) is 1. The molecule has 2 aromatic carbocycles. The Kier molecular flexibility index (Phi) is 8.11. The molecule has 0 bridgehead atoms. The number of piperidine rings is 1. The summed E-state index contributed by atoms with van der Waals surface area (Å²) in [6.45, 7) is 3.61. The Balaban J connectivity index is 0.00000208. The van der Waals surface area contributed by atoms with Crippen molar-refractivity contribution in [2.75, 3.05) is 19.6 Å². The summed E-state index contributed by atoms with van der Waals surface area (Å²) >= 11 is 6.25. The van der Waals surface area contributed by atoms with Crippen LogP contribution in [0, 0.1) is 5.92 Å². The van der Waals surface area contributed by atoms with Crippen molar-refractivity contribution in [3.05, 3.63) is 70.7 Å². The van der Waals surface area contributed by atoms with Gasteiger partial charge in [-0.2, -0.15) is 0 Å². The summed E-state index contributed by atoms with van der Waals surface area (Å²) in [5, 5.41) is 0.908. The largest absolute Gasteiger partial charge is 0.303 e. The lowest BCUT2D eigenvalue weighted by atomic mass is 9.90. The molecule has 3 heteroatoms. The highest BCUT2D eigenvalue weighted by molar-refractivity contribution is 6.31. The normalized spacial score (nSPS) is 15.9. The maximum absolute atomic E-state index is 6.25. The summed E-state index contributed by atoms with van der Waals surface area (Å²) < 4.78 is 0. The van der Waals surface area contributed by atoms with Crippen molar-refractivity contribution in [1.29, 1.82) is 0 Å². The summed E-state index contributed by atoms with van der Waals surface area (Å²) in [5.41, 5.74) is 2.76. The quantitative estimate of drug-likeness (QED) is 0.640. The Morgan fingerprint density at radius 2 is 1.54 bits per heavy atom. The van der Waals surface area contributed by atoms with Crippen molar-refractivity contribution < 1.29 is 0 Å². The molecule has 1 nitrogen and oxygen atoms in total. The molecule has 1 aliphatic rings. The Labute approximate surface area is 157 Å². The van der Waals surface area contributed by atoms with E-state index in [1.165, 1.54) is 49.9 Å². The summed E-state index contributed by atoms with van der Waals surface area (Å²) in [5.74, 6) is 0.895. The highest BCUT2D eigenvalue weighted by Crippen LogP contribution is 2.23. The molecular weight excluding hydrogens is 337 g/mol. The van der Waals surface area contributed by atoms with Gasteiger partial charge in [-0.1, -0.05) is 60.1 Å². The number of benzene rings is 2. The average molecular weight is 364 g/mol. The predicted molar refractivity (Wildman–Crippen MR) is 106 cm³/mol. The van der Waals surface area contributed by atoms with Gasteiger partial charge < -0.3 is 4.90 Å². The second kappa shape index (κ2) is 10.1. The molecule has 0 saturated carbocycles. The second-order valence-corrected chi connectivity index (χ2v) is 7.06. The average Bonchev–Trinajstić information content (AvgIpc) is 2.61. The van der Waals surface area contributed by atoms with Crippen LogP contribution in [0.4, 0.5) is 0 Å². The van der Waals surface area contributed by atoms with Gasteiger partial charge in [0.15, 0.2) is 0 Å². The minimum atomic E-state index is 0. The van der Waals surface area contributed by atoms with Gasteiger partial charge in [0.25, 0.3) is 0 Å². The maximum Gasteiger partial charge on any atom is 0.0438 e. The van der Waals surface area contributed by atoms with Crippen LogP contribution in [-0.2, 0) is 12.8 Å². The zero-order chi connectivity index (χ0) is 15.9. The molecule has 0 unspecified atom stereocenters. The highest BCUT2D eigenvalue weighted by atomic mass is 35.5. The topological polar surface area (TPSA) is 3.24 Å². The van der Waals surface area contributed by atoms with E-state index in [0.717, 1.165) is 23.9 Å². The minimum Gasteiger partial charge on any atom is -0.303 e. The summed E-state index contributed by atoms with van der Waals surface area (Å²) in [4.78, 5) is 2.60. The van der Waals surface area contributed by atoms with Gasteiger partial charge in [0.1, 0.15) is 0 Å². The van der Waals surface area contributed by atoms with E-state index in [-0.39, 0.29) is 12.4 Å². The van der Waals surface area contributed by atoms with E-state index in [2.05, 4.69) is 47.4 Å². The third kappa shape index (κ3) is 5.81. The SMILES string of the molecule is Cl.Clc1ccccc1CCN1CCC(CCc2ccccc2)CC1. The third-order valence-corrected chi connectivity index (χ3v) is 5.42. The van der Waals surface area contributed by atoms with Gasteiger partial charge in [-0.15, -0.1) is 12.4 Å². The lowest BCUT2D eigenvalue weighted by molar-refractivity contribution is 0.181. The number of hydrogen-bond acceptors (Lipinski definition) is 1. The molecule has 1 aliphatic heterocycles. The maximum atomic E-state index is 6.25. The van der Waals surface area contributed by atoms with Gasteiger partial charge in [0.2, 0.25) is 0 Å². The van der Waals surface area contributed by atoms with E-state index in [4.69, 9.17) is 11.6 Å². The number of aryl methyl sites for hydroxylation is 1. The molecule has 1 fully saturated rings. The van der Waals surface area contributed by atoms with Crippen LogP contribution >= 0.6 is 24.0 Å². The monoisotopic (exact) mass is 363 g/mol. The Morgan fingerprint density at radius 3 is 2.25 bits per heavy atom. The van der Waals surface area contributed by atoms with Crippen LogP contribution < -0.4 is 0 Å². The van der Waals surface area contributed by atoms with Gasteiger partial charge in [0, 0.05) is 11.6 Å². The van der Waals surface area contributed by atoms with Crippen LogP contribution in [0.1, 0.15) is 30.4 Å². The van der Waals surface area contributed by atoms with Crippen LogP contribution in [0.3, 0.4) is 0 Å². The Morgan fingerprint density at radius 1 is 0.875 bits per heavy atom. The van der Waals surface area contributed by atoms with E-state index in [9.17, 15) is 0 Å². The van der Waals surface area contributed by atoms with Crippen molar-refractivity contribution in [2.45, 2.75) is 32.1 Å². The molecule has 0 N–H and O–H groups in total. The molecule has 0 amide bonds. The summed E-state index contributed by atoms with van der Waals surface area (Å²) in [7, 11) is 0. The fourth-order valence-corrected chi connectivity index (χ4v) is 3.72.